The number of nitrogens with zero attached hydrogens (tertiary/aromatic N) is 3. The van der Waals surface area contributed by atoms with Gasteiger partial charge in [-0.2, -0.15) is 23.3 Å². The quantitative estimate of drug-likeness (QED) is 0.475. The zero-order chi connectivity index (χ0) is 23.1. The third-order valence-corrected chi connectivity index (χ3v) is 8.45. The second-order valence-electron chi connectivity index (χ2n) is 10.4. The first-order valence-electron chi connectivity index (χ1n) is 11.6. The van der Waals surface area contributed by atoms with E-state index in [4.69, 9.17) is 5.10 Å². The van der Waals surface area contributed by atoms with Crippen LogP contribution in [-0.4, -0.2) is 21.9 Å². The molecular formula is C24H32F3N3OS. The fourth-order valence-corrected chi connectivity index (χ4v) is 7.31. The highest BCUT2D eigenvalue weighted by atomic mass is 32.1. The highest BCUT2D eigenvalue weighted by molar-refractivity contribution is 7.09. The summed E-state index contributed by atoms with van der Waals surface area (Å²) in [5, 5.41) is 5.66. The van der Waals surface area contributed by atoms with Crippen molar-refractivity contribution >= 4 is 17.2 Å². The van der Waals surface area contributed by atoms with E-state index >= 15 is 0 Å². The molecule has 5 rings (SSSR count). The van der Waals surface area contributed by atoms with Crippen molar-refractivity contribution in [3.63, 3.8) is 0 Å². The second kappa shape index (κ2) is 8.92. The number of rotatable bonds is 6. The van der Waals surface area contributed by atoms with Crippen molar-refractivity contribution in [2.75, 3.05) is 0 Å². The van der Waals surface area contributed by atoms with Crippen LogP contribution in [0.25, 0.3) is 0 Å². The summed E-state index contributed by atoms with van der Waals surface area (Å²) in [5.74, 6) is 0.0465. The smallest absolute Gasteiger partial charge is 0.262 e. The zero-order valence-electron chi connectivity index (χ0n) is 19.0. The van der Waals surface area contributed by atoms with Crippen LogP contribution in [0.2, 0.25) is 0 Å². The van der Waals surface area contributed by atoms with Gasteiger partial charge in [0.2, 0.25) is 4.80 Å². The van der Waals surface area contributed by atoms with Crippen LogP contribution in [0.5, 0.6) is 0 Å². The Morgan fingerprint density at radius 2 is 1.72 bits per heavy atom. The van der Waals surface area contributed by atoms with Gasteiger partial charge in [0.15, 0.2) is 0 Å². The van der Waals surface area contributed by atoms with Gasteiger partial charge in [-0.05, 0) is 89.9 Å². The summed E-state index contributed by atoms with van der Waals surface area (Å²) in [6.45, 7) is 6.46. The molecule has 4 aliphatic rings. The molecule has 32 heavy (non-hydrogen) atoms. The summed E-state index contributed by atoms with van der Waals surface area (Å²) in [4.78, 5) is 15.2. The van der Waals surface area contributed by atoms with Gasteiger partial charge in [-0.25, -0.2) is 4.68 Å². The van der Waals surface area contributed by atoms with Crippen LogP contribution in [0.4, 0.5) is 13.2 Å². The normalized spacial score (nSPS) is 30.1. The number of carbonyl (C=O) groups is 1. The third kappa shape index (κ3) is 5.10. The van der Waals surface area contributed by atoms with E-state index in [-0.39, 0.29) is 10.2 Å². The third-order valence-electron chi connectivity index (χ3n) is 7.26. The first-order valence-corrected chi connectivity index (χ1v) is 12.4. The molecule has 4 aliphatic carbocycles. The van der Waals surface area contributed by atoms with Crippen LogP contribution in [0.15, 0.2) is 28.3 Å². The average Bonchev–Trinajstić information content (AvgIpc) is 3.08. The number of amides is 1. The van der Waals surface area contributed by atoms with Crippen LogP contribution in [0, 0.1) is 17.8 Å². The van der Waals surface area contributed by atoms with Crippen molar-refractivity contribution in [2.24, 2.45) is 22.7 Å². The summed E-state index contributed by atoms with van der Waals surface area (Å²) in [6.07, 6.45) is 8.02. The summed E-state index contributed by atoms with van der Waals surface area (Å²) >= 11 is 1.19. The molecule has 4 saturated carbocycles. The number of hydrogen-bond donors (Lipinski definition) is 0. The number of halogens is 3. The molecule has 4 fully saturated rings. The second-order valence-corrected chi connectivity index (χ2v) is 11.3. The minimum absolute atomic E-state index is 0.0432. The molecular weight excluding hydrogens is 435 g/mol. The molecule has 0 unspecified atom stereocenters. The molecule has 8 heteroatoms. The summed E-state index contributed by atoms with van der Waals surface area (Å²) < 4.78 is 40.3. The van der Waals surface area contributed by atoms with Gasteiger partial charge in [-0.15, -0.1) is 0 Å². The Morgan fingerprint density at radius 1 is 1.12 bits per heavy atom. The maximum atomic E-state index is 12.9. The molecule has 1 amide bonds. The molecule has 0 saturated heterocycles. The predicted molar refractivity (Wildman–Crippen MR) is 119 cm³/mol. The Hall–Kier alpha value is -1.70. The Morgan fingerprint density at radius 3 is 2.25 bits per heavy atom. The van der Waals surface area contributed by atoms with Crippen LogP contribution in [0.1, 0.15) is 77.1 Å². The van der Waals surface area contributed by atoms with Gasteiger partial charge < -0.3 is 0 Å². The maximum Gasteiger partial charge on any atom is 0.473 e. The highest BCUT2D eigenvalue weighted by Gasteiger charge is 2.53. The van der Waals surface area contributed by atoms with E-state index < -0.39 is 12.1 Å². The van der Waals surface area contributed by atoms with Gasteiger partial charge in [0, 0.05) is 5.41 Å². The number of carbonyl (C=O) groups excluding carboxylic acids is 1. The number of hydrogen-bond acceptors (Lipinski definition) is 3. The molecule has 4 bridgehead atoms. The lowest BCUT2D eigenvalue weighted by Crippen LogP contribution is -2.48. The molecule has 0 spiro atoms. The van der Waals surface area contributed by atoms with E-state index in [0.29, 0.717) is 24.3 Å². The minimum atomic E-state index is -4.97. The van der Waals surface area contributed by atoms with E-state index in [1.54, 1.807) is 0 Å². The average molecular weight is 468 g/mol. The topological polar surface area (TPSA) is 47.2 Å². The molecule has 0 N–H and O–H groups in total. The van der Waals surface area contributed by atoms with Crippen molar-refractivity contribution in [3.05, 3.63) is 33.1 Å². The first kappa shape index (κ1) is 23.5. The Bertz CT molecular complexity index is 960. The fourth-order valence-electron chi connectivity index (χ4n) is 6.18. The monoisotopic (exact) mass is 467 g/mol. The molecule has 0 radical (unpaired) electrons. The van der Waals surface area contributed by atoms with Gasteiger partial charge >= 0.3 is 12.1 Å². The van der Waals surface area contributed by atoms with Crippen LogP contribution in [0.3, 0.4) is 0 Å². The van der Waals surface area contributed by atoms with Gasteiger partial charge in [-0.3, -0.25) is 4.79 Å². The zero-order valence-corrected chi connectivity index (χ0v) is 19.9. The molecule has 4 nitrogen and oxygen atoms in total. The lowest BCUT2D eigenvalue weighted by Gasteiger charge is -2.55. The molecule has 1 heterocycles. The number of alkyl halides is 3. The lowest BCUT2D eigenvalue weighted by molar-refractivity contribution is -0.169. The van der Waals surface area contributed by atoms with E-state index in [1.807, 2.05) is 13.0 Å². The molecule has 1 aromatic rings. The molecule has 0 aliphatic heterocycles. The van der Waals surface area contributed by atoms with E-state index in [2.05, 4.69) is 24.9 Å². The maximum absolute atomic E-state index is 12.9. The van der Waals surface area contributed by atoms with Crippen molar-refractivity contribution in [2.45, 2.75) is 90.3 Å². The predicted octanol–water partition coefficient (Wildman–Crippen LogP) is 6.09. The van der Waals surface area contributed by atoms with Crippen LogP contribution >= 0.6 is 11.3 Å². The van der Waals surface area contributed by atoms with E-state index in [9.17, 15) is 18.0 Å². The van der Waals surface area contributed by atoms with Gasteiger partial charge in [0.25, 0.3) is 0 Å². The molecule has 176 valence electrons. The summed E-state index contributed by atoms with van der Waals surface area (Å²) in [7, 11) is 0. The number of allylic oxidation sites excluding steroid dienone is 4. The largest absolute Gasteiger partial charge is 0.473 e. The van der Waals surface area contributed by atoms with Gasteiger partial charge in [-0.1, -0.05) is 34.6 Å². The van der Waals surface area contributed by atoms with Crippen LogP contribution < -0.4 is 4.80 Å². The summed E-state index contributed by atoms with van der Waals surface area (Å²) in [6, 6.07) is 0. The van der Waals surface area contributed by atoms with Crippen molar-refractivity contribution in [1.82, 2.24) is 9.78 Å². The molecule has 1 aromatic heterocycles. The SMILES string of the molecule is CC(C)=CCC/C(C)=C/Cn1nc(C23CC4CC(CC(C4)C2)C3)sc1=NC(=O)C(F)(F)F. The first-order chi connectivity index (χ1) is 15.0. The van der Waals surface area contributed by atoms with Crippen molar-refractivity contribution in [1.29, 1.82) is 0 Å². The standard InChI is InChI=1S/C24H32F3N3OS/c1-15(2)5-4-6-16(3)7-8-30-22(28-20(31)24(25,26)27)32-21(29-30)23-12-17-9-18(13-23)11-19(10-17)14-23/h5,7,17-19H,4,6,8-14H2,1-3H3/b16-7+,28-22?. The molecule has 0 aromatic carbocycles. The minimum Gasteiger partial charge on any atom is -0.262 e. The Kier molecular flexibility index (Phi) is 6.54. The van der Waals surface area contributed by atoms with Crippen molar-refractivity contribution < 1.29 is 18.0 Å². The van der Waals surface area contributed by atoms with Gasteiger partial charge in [0.1, 0.15) is 5.01 Å². The Labute approximate surface area is 191 Å². The fraction of sp³-hybridized carbons (Fsp3) is 0.708. The van der Waals surface area contributed by atoms with E-state index in [1.165, 1.54) is 40.9 Å². The van der Waals surface area contributed by atoms with E-state index in [0.717, 1.165) is 42.7 Å². The van der Waals surface area contributed by atoms with Crippen LogP contribution in [-0.2, 0) is 16.8 Å². The lowest BCUT2D eigenvalue weighted by atomic mass is 9.50. The van der Waals surface area contributed by atoms with Gasteiger partial charge in [0.05, 0.1) is 6.54 Å². The summed E-state index contributed by atoms with van der Waals surface area (Å²) in [5.41, 5.74) is 2.37. The number of aromatic nitrogens is 2. The Balaban J connectivity index is 1.63. The van der Waals surface area contributed by atoms with Crippen molar-refractivity contribution in [3.8, 4) is 0 Å². The highest BCUT2D eigenvalue weighted by Crippen LogP contribution is 2.60. The molecule has 0 atom stereocenters.